The van der Waals surface area contributed by atoms with Crippen molar-refractivity contribution in [3.8, 4) is 5.69 Å². The third-order valence-corrected chi connectivity index (χ3v) is 3.89. The zero-order valence-corrected chi connectivity index (χ0v) is 9.89. The maximum absolute atomic E-state index is 12.1. The van der Waals surface area contributed by atoms with Gasteiger partial charge in [0.25, 0.3) is 0 Å². The van der Waals surface area contributed by atoms with Crippen LogP contribution in [0.3, 0.4) is 0 Å². The fraction of sp³-hybridized carbons (Fsp3) is 0.200. The molecule has 84 valence electrons. The Labute approximate surface area is 94.3 Å². The maximum atomic E-state index is 12.1. The normalized spacial score (nSPS) is 14.4. The summed E-state index contributed by atoms with van der Waals surface area (Å²) in [5.74, 6) is 0. The zero-order chi connectivity index (χ0) is 11.6. The number of benzene rings is 1. The highest BCUT2D eigenvalue weighted by Gasteiger charge is 2.14. The summed E-state index contributed by atoms with van der Waals surface area (Å²) in [5.41, 5.74) is 0.876. The lowest BCUT2D eigenvalue weighted by atomic mass is 10.3. The summed E-state index contributed by atoms with van der Waals surface area (Å²) in [7, 11) is -0.949. The van der Waals surface area contributed by atoms with Crippen LogP contribution in [0.25, 0.3) is 5.69 Å². The minimum Gasteiger partial charge on any atom is -0.274 e. The van der Waals surface area contributed by atoms with E-state index in [0.29, 0.717) is 5.16 Å². The van der Waals surface area contributed by atoms with Crippen LogP contribution in [0.5, 0.6) is 0 Å². The van der Waals surface area contributed by atoms with Gasteiger partial charge in [0, 0.05) is 19.0 Å². The molecule has 0 aliphatic carbocycles. The van der Waals surface area contributed by atoms with Crippen LogP contribution in [0.15, 0.2) is 46.2 Å². The minimum atomic E-state index is -2.47. The summed E-state index contributed by atoms with van der Waals surface area (Å²) in [4.78, 5) is 0. The summed E-state index contributed by atoms with van der Waals surface area (Å²) in [5, 5.41) is 8.04. The summed E-state index contributed by atoms with van der Waals surface area (Å²) in [6.07, 6.45) is 3.09. The van der Waals surface area contributed by atoms with Crippen LogP contribution in [0.4, 0.5) is 0 Å². The van der Waals surface area contributed by atoms with Gasteiger partial charge in [0.1, 0.15) is 16.1 Å². The summed E-state index contributed by atoms with van der Waals surface area (Å²) in [6, 6.07) is 9.52. The first-order valence-corrected chi connectivity index (χ1v) is 6.63. The molecule has 1 aromatic carbocycles. The topological polar surface area (TPSA) is 60.1 Å². The molecule has 0 N–H and O–H groups in total. The van der Waals surface area contributed by atoms with Crippen LogP contribution in [0, 0.1) is 0 Å². The summed E-state index contributed by atoms with van der Waals surface area (Å²) in [6.45, 7) is 0. The number of nitrogens with zero attached hydrogens (tertiary/aromatic N) is 4. The molecule has 1 aromatic heterocycles. The molecule has 2 rings (SSSR count). The van der Waals surface area contributed by atoms with Gasteiger partial charge in [-0.05, 0) is 12.1 Å². The van der Waals surface area contributed by atoms with Crippen LogP contribution in [-0.4, -0.2) is 32.3 Å². The lowest BCUT2D eigenvalue weighted by Crippen LogP contribution is -2.07. The largest absolute Gasteiger partial charge is 0.274 e. The Morgan fingerprint density at radius 2 is 2.00 bits per heavy atom. The highest BCUT2D eigenvalue weighted by molar-refractivity contribution is 7.92. The van der Waals surface area contributed by atoms with Crippen molar-refractivity contribution in [1.82, 2.24) is 14.8 Å². The van der Waals surface area contributed by atoms with Gasteiger partial charge in [0.15, 0.2) is 0 Å². The second kappa shape index (κ2) is 4.05. The van der Waals surface area contributed by atoms with E-state index in [1.54, 1.807) is 17.2 Å². The van der Waals surface area contributed by atoms with E-state index in [1.807, 2.05) is 30.3 Å². The quantitative estimate of drug-likeness (QED) is 0.790. The molecule has 0 unspecified atom stereocenters. The maximum Gasteiger partial charge on any atom is 0.234 e. The Morgan fingerprint density at radius 3 is 2.62 bits per heavy atom. The van der Waals surface area contributed by atoms with Gasteiger partial charge in [0.05, 0.1) is 0 Å². The first-order valence-electron chi connectivity index (χ1n) is 4.71. The van der Waals surface area contributed by atoms with Crippen molar-refractivity contribution in [3.05, 3.63) is 36.7 Å². The Hall–Kier alpha value is -1.69. The van der Waals surface area contributed by atoms with Gasteiger partial charge in [-0.25, -0.2) is 8.57 Å². The molecule has 0 aliphatic heterocycles. The van der Waals surface area contributed by atoms with Crippen molar-refractivity contribution in [2.45, 2.75) is 5.16 Å². The van der Waals surface area contributed by atoms with Crippen LogP contribution in [0.1, 0.15) is 0 Å². The molecule has 0 radical (unpaired) electrons. The second-order valence-electron chi connectivity index (χ2n) is 3.30. The zero-order valence-electron chi connectivity index (χ0n) is 9.07. The van der Waals surface area contributed by atoms with E-state index in [4.69, 9.17) is 0 Å². The molecule has 0 amide bonds. The predicted molar refractivity (Wildman–Crippen MR) is 62.0 cm³/mol. The fourth-order valence-corrected chi connectivity index (χ4v) is 2.21. The third-order valence-electron chi connectivity index (χ3n) is 2.24. The molecule has 5 nitrogen and oxygen atoms in total. The smallest absolute Gasteiger partial charge is 0.234 e. The number of aromatic nitrogens is 3. The van der Waals surface area contributed by atoms with Crippen molar-refractivity contribution in [3.63, 3.8) is 0 Å². The first kappa shape index (κ1) is 10.8. The van der Waals surface area contributed by atoms with Crippen LogP contribution < -0.4 is 0 Å². The van der Waals surface area contributed by atoms with Crippen molar-refractivity contribution < 1.29 is 4.21 Å². The van der Waals surface area contributed by atoms with E-state index < -0.39 is 9.73 Å². The molecule has 0 saturated carbocycles. The lowest BCUT2D eigenvalue weighted by Gasteiger charge is -2.06. The molecule has 6 heteroatoms. The Balaban J connectivity index is 2.62. The molecule has 0 bridgehead atoms. The molecule has 16 heavy (non-hydrogen) atoms. The first-order chi connectivity index (χ1) is 7.65. The predicted octanol–water partition coefficient (Wildman–Crippen LogP) is 1.35. The summed E-state index contributed by atoms with van der Waals surface area (Å²) < 4.78 is 17.7. The van der Waals surface area contributed by atoms with E-state index in [-0.39, 0.29) is 0 Å². The third kappa shape index (κ3) is 1.83. The van der Waals surface area contributed by atoms with E-state index in [1.165, 1.54) is 7.05 Å². The van der Waals surface area contributed by atoms with Gasteiger partial charge in [-0.2, -0.15) is 0 Å². The highest BCUT2D eigenvalue weighted by Crippen LogP contribution is 2.14. The van der Waals surface area contributed by atoms with Crippen LogP contribution >= 0.6 is 0 Å². The van der Waals surface area contributed by atoms with E-state index in [2.05, 4.69) is 14.6 Å². The standard InChI is InChI=1S/C10H12N4OS/c1-11-16(2,15)10-13-12-8-14(10)9-6-4-3-5-7-9/h3-8H,1-2H3/t16-/m1/s1. The highest BCUT2D eigenvalue weighted by atomic mass is 32.2. The van der Waals surface area contributed by atoms with Gasteiger partial charge in [0.2, 0.25) is 5.16 Å². The Kier molecular flexibility index (Phi) is 2.74. The molecule has 0 fully saturated rings. The number of hydrogen-bond donors (Lipinski definition) is 0. The van der Waals surface area contributed by atoms with Gasteiger partial charge in [-0.15, -0.1) is 10.2 Å². The molecular weight excluding hydrogens is 224 g/mol. The second-order valence-corrected chi connectivity index (χ2v) is 5.64. The molecule has 0 spiro atoms. The van der Waals surface area contributed by atoms with Gasteiger partial charge >= 0.3 is 0 Å². The van der Waals surface area contributed by atoms with E-state index >= 15 is 0 Å². The van der Waals surface area contributed by atoms with Crippen LogP contribution in [-0.2, 0) is 9.73 Å². The SMILES string of the molecule is CN=[S@](C)(=O)c1nncn1-c1ccccc1. The van der Waals surface area contributed by atoms with Crippen molar-refractivity contribution >= 4 is 9.73 Å². The molecule has 0 saturated heterocycles. The summed E-state index contributed by atoms with van der Waals surface area (Å²) >= 11 is 0. The van der Waals surface area contributed by atoms with Gasteiger partial charge in [-0.3, -0.25) is 4.57 Å². The molecular formula is C10H12N4OS. The van der Waals surface area contributed by atoms with Gasteiger partial charge < -0.3 is 0 Å². The van der Waals surface area contributed by atoms with Crippen molar-refractivity contribution in [2.24, 2.45) is 4.36 Å². The minimum absolute atomic E-state index is 0.376. The van der Waals surface area contributed by atoms with Crippen LogP contribution in [0.2, 0.25) is 0 Å². The van der Waals surface area contributed by atoms with Gasteiger partial charge in [-0.1, -0.05) is 18.2 Å². The van der Waals surface area contributed by atoms with Crippen molar-refractivity contribution in [2.75, 3.05) is 13.3 Å². The van der Waals surface area contributed by atoms with Crippen molar-refractivity contribution in [1.29, 1.82) is 0 Å². The number of rotatable bonds is 2. The number of para-hydroxylation sites is 1. The molecule has 0 aliphatic rings. The van der Waals surface area contributed by atoms with E-state index in [9.17, 15) is 4.21 Å². The Bertz CT molecular complexity index is 596. The molecule has 2 aromatic rings. The Morgan fingerprint density at radius 1 is 1.31 bits per heavy atom. The fourth-order valence-electron chi connectivity index (χ4n) is 1.33. The molecule has 1 heterocycles. The lowest BCUT2D eigenvalue weighted by molar-refractivity contribution is 0.668. The molecule has 1 atom stereocenters. The average Bonchev–Trinajstić information content (AvgIpc) is 2.80. The average molecular weight is 236 g/mol. The van der Waals surface area contributed by atoms with E-state index in [0.717, 1.165) is 5.69 Å². The number of hydrogen-bond acceptors (Lipinski definition) is 4. The monoisotopic (exact) mass is 236 g/mol.